The van der Waals surface area contributed by atoms with Gasteiger partial charge in [-0.05, 0) is 18.6 Å². The Morgan fingerprint density at radius 1 is 1.56 bits per heavy atom. The van der Waals surface area contributed by atoms with Crippen LogP contribution >= 0.6 is 0 Å². The number of hydrogen-bond acceptors (Lipinski definition) is 3. The van der Waals surface area contributed by atoms with Gasteiger partial charge in [-0.25, -0.2) is 4.39 Å². The number of halogens is 1. The molecule has 1 unspecified atom stereocenters. The zero-order chi connectivity index (χ0) is 13.7. The zero-order valence-corrected chi connectivity index (χ0v) is 10.9. The number of likely N-dealkylation sites (N-methyl/N-ethyl adjacent to an activating group) is 1. The van der Waals surface area contributed by atoms with Crippen LogP contribution in [0.5, 0.6) is 5.75 Å². The summed E-state index contributed by atoms with van der Waals surface area (Å²) >= 11 is 0. The summed E-state index contributed by atoms with van der Waals surface area (Å²) in [6, 6.07) is 3.82. The molecule has 1 aromatic rings. The first-order valence-corrected chi connectivity index (χ1v) is 5.88. The van der Waals surface area contributed by atoms with Gasteiger partial charge in [-0.2, -0.15) is 0 Å². The lowest BCUT2D eigenvalue weighted by molar-refractivity contribution is -0.119. The number of amides is 1. The number of carbonyl (C=O) groups excluding carboxylic acids is 1. The molecule has 0 aliphatic carbocycles. The van der Waals surface area contributed by atoms with Crippen molar-refractivity contribution in [3.8, 4) is 5.75 Å². The van der Waals surface area contributed by atoms with Crippen molar-refractivity contribution in [3.63, 3.8) is 0 Å². The van der Waals surface area contributed by atoms with E-state index in [0.29, 0.717) is 12.1 Å². The van der Waals surface area contributed by atoms with Crippen molar-refractivity contribution >= 4 is 11.6 Å². The molecule has 0 aliphatic rings. The Hall–Kier alpha value is -1.62. The van der Waals surface area contributed by atoms with Crippen LogP contribution in [0.2, 0.25) is 0 Å². The van der Waals surface area contributed by atoms with Crippen LogP contribution < -0.4 is 15.4 Å². The molecule has 0 spiro atoms. The fourth-order valence-electron chi connectivity index (χ4n) is 1.67. The molecule has 0 saturated carbocycles. The number of rotatable bonds is 5. The Morgan fingerprint density at radius 2 is 2.22 bits per heavy atom. The average molecular weight is 254 g/mol. The van der Waals surface area contributed by atoms with Crippen LogP contribution in [0.15, 0.2) is 18.2 Å². The van der Waals surface area contributed by atoms with E-state index in [1.807, 2.05) is 6.92 Å². The monoisotopic (exact) mass is 254 g/mol. The van der Waals surface area contributed by atoms with Gasteiger partial charge in [0.15, 0.2) is 11.6 Å². The number of nitrogens with two attached hydrogens (primary N) is 1. The van der Waals surface area contributed by atoms with Crippen LogP contribution in [-0.4, -0.2) is 26.1 Å². The molecule has 0 aliphatic heterocycles. The maximum absolute atomic E-state index is 13.5. The lowest BCUT2D eigenvalue weighted by atomic mass is 10.1. The lowest BCUT2D eigenvalue weighted by Gasteiger charge is -2.21. The summed E-state index contributed by atoms with van der Waals surface area (Å²) in [6.07, 6.45) is 1.44. The van der Waals surface area contributed by atoms with Gasteiger partial charge in [0.2, 0.25) is 5.91 Å². The number of methoxy groups -OCH3 is 1. The van der Waals surface area contributed by atoms with E-state index in [9.17, 15) is 9.18 Å². The van der Waals surface area contributed by atoms with Crippen molar-refractivity contribution in [2.45, 2.75) is 25.8 Å². The van der Waals surface area contributed by atoms with E-state index in [2.05, 4.69) is 0 Å². The fraction of sp³-hybridized carbons (Fsp3) is 0.462. The first kappa shape index (κ1) is 14.4. The highest BCUT2D eigenvalue weighted by Gasteiger charge is 2.19. The smallest absolute Gasteiger partial charge is 0.243 e. The first-order valence-electron chi connectivity index (χ1n) is 5.88. The molecule has 2 N–H and O–H groups in total. The highest BCUT2D eigenvalue weighted by atomic mass is 19.1. The van der Waals surface area contributed by atoms with Gasteiger partial charge in [0.25, 0.3) is 0 Å². The van der Waals surface area contributed by atoms with Gasteiger partial charge in [-0.3, -0.25) is 4.79 Å². The quantitative estimate of drug-likeness (QED) is 0.873. The summed E-state index contributed by atoms with van der Waals surface area (Å²) in [4.78, 5) is 13.3. The van der Waals surface area contributed by atoms with Crippen molar-refractivity contribution < 1.29 is 13.9 Å². The van der Waals surface area contributed by atoms with Crippen molar-refractivity contribution in [2.24, 2.45) is 5.73 Å². The second kappa shape index (κ2) is 6.35. The molecular formula is C13H19FN2O2. The van der Waals surface area contributed by atoms with Crippen molar-refractivity contribution in [1.29, 1.82) is 0 Å². The number of nitrogens with zero attached hydrogens (tertiary/aromatic N) is 1. The molecule has 0 saturated heterocycles. The Balaban J connectivity index is 2.87. The van der Waals surface area contributed by atoms with E-state index in [-0.39, 0.29) is 11.7 Å². The zero-order valence-electron chi connectivity index (χ0n) is 10.9. The van der Waals surface area contributed by atoms with Crippen molar-refractivity contribution in [3.05, 3.63) is 24.0 Å². The van der Waals surface area contributed by atoms with Gasteiger partial charge in [0, 0.05) is 18.8 Å². The minimum Gasteiger partial charge on any atom is -0.494 e. The predicted octanol–water partition coefficient (Wildman–Crippen LogP) is 1.92. The summed E-state index contributed by atoms with van der Waals surface area (Å²) in [5, 5.41) is 0. The minimum atomic E-state index is -0.551. The summed E-state index contributed by atoms with van der Waals surface area (Å²) in [5.74, 6) is -0.572. The SMILES string of the molecule is CCCC(N)C(=O)N(C)c1ccc(OC)c(F)c1. The maximum Gasteiger partial charge on any atom is 0.243 e. The molecule has 0 aromatic heterocycles. The second-order valence-corrected chi connectivity index (χ2v) is 4.11. The Kier molecular flexibility index (Phi) is 5.09. The predicted molar refractivity (Wildman–Crippen MR) is 69.2 cm³/mol. The van der Waals surface area contributed by atoms with Gasteiger partial charge in [0.1, 0.15) is 0 Å². The second-order valence-electron chi connectivity index (χ2n) is 4.11. The topological polar surface area (TPSA) is 55.6 Å². The standard InChI is InChI=1S/C13H19FN2O2/c1-4-5-11(15)13(17)16(2)9-6-7-12(18-3)10(14)8-9/h6-8,11H,4-5,15H2,1-3H3. The maximum atomic E-state index is 13.5. The third-order valence-corrected chi connectivity index (χ3v) is 2.77. The third kappa shape index (κ3) is 3.20. The molecule has 1 atom stereocenters. The van der Waals surface area contributed by atoms with Gasteiger partial charge < -0.3 is 15.4 Å². The highest BCUT2D eigenvalue weighted by Crippen LogP contribution is 2.23. The molecule has 4 nitrogen and oxygen atoms in total. The van der Waals surface area contributed by atoms with Crippen molar-refractivity contribution in [1.82, 2.24) is 0 Å². The number of benzene rings is 1. The molecule has 1 aromatic carbocycles. The molecule has 100 valence electrons. The van der Waals surface area contributed by atoms with Crippen molar-refractivity contribution in [2.75, 3.05) is 19.1 Å². The Bertz CT molecular complexity index is 423. The van der Waals surface area contributed by atoms with Gasteiger partial charge in [-0.1, -0.05) is 13.3 Å². The van der Waals surface area contributed by atoms with Crippen LogP contribution in [0.1, 0.15) is 19.8 Å². The molecule has 0 heterocycles. The molecule has 0 fully saturated rings. The minimum absolute atomic E-state index is 0.150. The molecule has 5 heteroatoms. The van der Waals surface area contributed by atoms with Crippen LogP contribution in [-0.2, 0) is 4.79 Å². The van der Waals surface area contributed by atoms with E-state index in [1.165, 1.54) is 24.1 Å². The summed E-state index contributed by atoms with van der Waals surface area (Å²) in [6.45, 7) is 1.96. The summed E-state index contributed by atoms with van der Waals surface area (Å²) < 4.78 is 18.4. The molecular weight excluding hydrogens is 235 g/mol. The highest BCUT2D eigenvalue weighted by molar-refractivity contribution is 5.96. The van der Waals surface area contributed by atoms with Crippen LogP contribution in [0.3, 0.4) is 0 Å². The molecule has 1 amide bonds. The normalized spacial score (nSPS) is 12.1. The van der Waals surface area contributed by atoms with Crippen LogP contribution in [0.25, 0.3) is 0 Å². The summed E-state index contributed by atoms with van der Waals surface area (Å²) in [7, 11) is 2.98. The van der Waals surface area contributed by atoms with E-state index in [0.717, 1.165) is 6.42 Å². The largest absolute Gasteiger partial charge is 0.494 e. The lowest BCUT2D eigenvalue weighted by Crippen LogP contribution is -2.41. The number of anilines is 1. The van der Waals surface area contributed by atoms with Gasteiger partial charge in [-0.15, -0.1) is 0 Å². The van der Waals surface area contributed by atoms with Crippen LogP contribution in [0.4, 0.5) is 10.1 Å². The number of ether oxygens (including phenoxy) is 1. The average Bonchev–Trinajstić information content (AvgIpc) is 2.37. The van der Waals surface area contributed by atoms with Gasteiger partial charge in [0.05, 0.1) is 13.2 Å². The fourth-order valence-corrected chi connectivity index (χ4v) is 1.67. The van der Waals surface area contributed by atoms with E-state index in [1.54, 1.807) is 13.1 Å². The first-order chi connectivity index (χ1) is 8.51. The van der Waals surface area contributed by atoms with Gasteiger partial charge >= 0.3 is 0 Å². The third-order valence-electron chi connectivity index (χ3n) is 2.77. The van der Waals surface area contributed by atoms with E-state index < -0.39 is 11.9 Å². The Morgan fingerprint density at radius 3 is 2.72 bits per heavy atom. The molecule has 1 rings (SSSR count). The van der Waals surface area contributed by atoms with Crippen LogP contribution in [0, 0.1) is 5.82 Å². The molecule has 0 radical (unpaired) electrons. The number of carbonyl (C=O) groups is 1. The molecule has 0 bridgehead atoms. The summed E-state index contributed by atoms with van der Waals surface area (Å²) in [5.41, 5.74) is 6.21. The Labute approximate surface area is 107 Å². The molecule has 18 heavy (non-hydrogen) atoms. The van der Waals surface area contributed by atoms with E-state index >= 15 is 0 Å². The number of hydrogen-bond donors (Lipinski definition) is 1. The van der Waals surface area contributed by atoms with E-state index in [4.69, 9.17) is 10.5 Å².